The summed E-state index contributed by atoms with van der Waals surface area (Å²) in [5.74, 6) is -1.93. The number of sulfone groups is 1. The second-order valence-electron chi connectivity index (χ2n) is 8.36. The standard InChI is InChI=1S/C25H22N2O4S/c1-17-7-11-19(12-8-17)15-26-22-6-4-3-5-21(22)25(24(26)29)27(23(28)16-32(25,30)31)20-13-9-18(2)10-14-20/h3-14H,15-16H2,1-2H3. The first-order valence-electron chi connectivity index (χ1n) is 10.3. The van der Waals surface area contributed by atoms with Crippen LogP contribution in [0, 0.1) is 13.8 Å². The van der Waals surface area contributed by atoms with E-state index in [1.165, 1.54) is 9.80 Å². The number of carbonyl (C=O) groups is 2. The molecule has 0 radical (unpaired) electrons. The molecule has 1 spiro atoms. The third-order valence-corrected chi connectivity index (χ3v) is 8.28. The molecular weight excluding hydrogens is 424 g/mol. The van der Waals surface area contributed by atoms with E-state index in [1.807, 2.05) is 38.1 Å². The average molecular weight is 447 g/mol. The maximum absolute atomic E-state index is 14.0. The molecule has 5 rings (SSSR count). The maximum Gasteiger partial charge on any atom is 0.274 e. The third-order valence-electron chi connectivity index (χ3n) is 6.18. The molecule has 162 valence electrons. The zero-order valence-corrected chi connectivity index (χ0v) is 18.6. The van der Waals surface area contributed by atoms with Gasteiger partial charge in [0.15, 0.2) is 9.84 Å². The molecule has 1 unspecified atom stereocenters. The van der Waals surface area contributed by atoms with Crippen LogP contribution in [0.4, 0.5) is 11.4 Å². The predicted octanol–water partition coefficient (Wildman–Crippen LogP) is 3.46. The Morgan fingerprint density at radius 1 is 0.844 bits per heavy atom. The molecule has 32 heavy (non-hydrogen) atoms. The van der Waals surface area contributed by atoms with Gasteiger partial charge in [0.25, 0.3) is 10.8 Å². The van der Waals surface area contributed by atoms with E-state index in [0.29, 0.717) is 16.9 Å². The molecule has 2 amide bonds. The summed E-state index contributed by atoms with van der Waals surface area (Å²) in [4.78, 5) is 27.7. The fraction of sp³-hybridized carbons (Fsp3) is 0.200. The van der Waals surface area contributed by atoms with Crippen molar-refractivity contribution in [3.63, 3.8) is 0 Å². The van der Waals surface area contributed by atoms with E-state index in [-0.39, 0.29) is 6.54 Å². The Labute approximate surface area is 187 Å². The summed E-state index contributed by atoms with van der Waals surface area (Å²) in [6.07, 6.45) is 0. The summed E-state index contributed by atoms with van der Waals surface area (Å²) < 4.78 is 27.1. The zero-order valence-electron chi connectivity index (χ0n) is 17.8. The molecule has 0 aliphatic carbocycles. The second kappa shape index (κ2) is 7.03. The highest BCUT2D eigenvalue weighted by atomic mass is 32.2. The van der Waals surface area contributed by atoms with Crippen LogP contribution in [0.15, 0.2) is 72.8 Å². The van der Waals surface area contributed by atoms with Gasteiger partial charge in [-0.3, -0.25) is 14.5 Å². The summed E-state index contributed by atoms with van der Waals surface area (Å²) >= 11 is 0. The van der Waals surface area contributed by atoms with Crippen molar-refractivity contribution in [2.24, 2.45) is 0 Å². The summed E-state index contributed by atoms with van der Waals surface area (Å²) in [5.41, 5.74) is 4.16. The Hall–Kier alpha value is -3.45. The van der Waals surface area contributed by atoms with E-state index in [2.05, 4.69) is 0 Å². The number of hydrogen-bond acceptors (Lipinski definition) is 4. The van der Waals surface area contributed by atoms with Crippen LogP contribution in [0.2, 0.25) is 0 Å². The van der Waals surface area contributed by atoms with E-state index < -0.39 is 32.3 Å². The lowest BCUT2D eigenvalue weighted by Crippen LogP contribution is -2.54. The monoisotopic (exact) mass is 446 g/mol. The number of anilines is 2. The van der Waals surface area contributed by atoms with Gasteiger partial charge in [-0.1, -0.05) is 65.7 Å². The molecule has 3 aromatic carbocycles. The van der Waals surface area contributed by atoms with E-state index in [4.69, 9.17) is 0 Å². The van der Waals surface area contributed by atoms with E-state index in [0.717, 1.165) is 16.7 Å². The van der Waals surface area contributed by atoms with Crippen LogP contribution in [0.25, 0.3) is 0 Å². The molecule has 1 atom stereocenters. The highest BCUT2D eigenvalue weighted by Gasteiger charge is 2.69. The number of carbonyl (C=O) groups excluding carboxylic acids is 2. The van der Waals surface area contributed by atoms with Crippen molar-refractivity contribution in [2.75, 3.05) is 15.6 Å². The lowest BCUT2D eigenvalue weighted by atomic mass is 10.0. The highest BCUT2D eigenvalue weighted by Crippen LogP contribution is 2.52. The molecule has 7 heteroatoms. The molecule has 0 bridgehead atoms. The summed E-state index contributed by atoms with van der Waals surface area (Å²) in [5, 5.41) is 0. The van der Waals surface area contributed by atoms with Crippen molar-refractivity contribution in [3.8, 4) is 0 Å². The van der Waals surface area contributed by atoms with Crippen molar-refractivity contribution in [1.82, 2.24) is 0 Å². The van der Waals surface area contributed by atoms with Gasteiger partial charge < -0.3 is 4.90 Å². The molecule has 0 N–H and O–H groups in total. The number of rotatable bonds is 3. The highest BCUT2D eigenvalue weighted by molar-refractivity contribution is 7.94. The molecule has 6 nitrogen and oxygen atoms in total. The lowest BCUT2D eigenvalue weighted by molar-refractivity contribution is -0.123. The SMILES string of the molecule is Cc1ccc(CN2C(=O)C3(c4ccccc42)N(c2ccc(C)cc2)C(=O)CS3(=O)=O)cc1. The van der Waals surface area contributed by atoms with Gasteiger partial charge in [0, 0.05) is 11.3 Å². The topological polar surface area (TPSA) is 74.8 Å². The number of aryl methyl sites for hydroxylation is 2. The van der Waals surface area contributed by atoms with Crippen molar-refractivity contribution >= 4 is 33.0 Å². The van der Waals surface area contributed by atoms with E-state index in [1.54, 1.807) is 48.5 Å². The lowest BCUT2D eigenvalue weighted by Gasteiger charge is -2.32. The first-order chi connectivity index (χ1) is 15.3. The Bertz CT molecular complexity index is 1350. The minimum absolute atomic E-state index is 0.212. The van der Waals surface area contributed by atoms with Crippen LogP contribution in [-0.2, 0) is 30.8 Å². The predicted molar refractivity (Wildman–Crippen MR) is 123 cm³/mol. The van der Waals surface area contributed by atoms with Crippen LogP contribution in [0.3, 0.4) is 0 Å². The van der Waals surface area contributed by atoms with Crippen LogP contribution >= 0.6 is 0 Å². The van der Waals surface area contributed by atoms with Crippen LogP contribution in [0.5, 0.6) is 0 Å². The average Bonchev–Trinajstić information content (AvgIpc) is 3.13. The van der Waals surface area contributed by atoms with Gasteiger partial charge in [-0.2, -0.15) is 0 Å². The van der Waals surface area contributed by atoms with Gasteiger partial charge in [-0.15, -0.1) is 0 Å². The summed E-state index contributed by atoms with van der Waals surface area (Å²) in [6.45, 7) is 4.09. The van der Waals surface area contributed by atoms with E-state index >= 15 is 0 Å². The number of hydrogen-bond donors (Lipinski definition) is 0. The summed E-state index contributed by atoms with van der Waals surface area (Å²) in [7, 11) is -4.15. The van der Waals surface area contributed by atoms with E-state index in [9.17, 15) is 18.0 Å². The molecular formula is C25H22N2O4S. The Morgan fingerprint density at radius 2 is 1.44 bits per heavy atom. The van der Waals surface area contributed by atoms with Gasteiger partial charge in [0.1, 0.15) is 5.75 Å². The molecule has 1 saturated heterocycles. The van der Waals surface area contributed by atoms with Gasteiger partial charge in [-0.25, -0.2) is 8.42 Å². The van der Waals surface area contributed by atoms with Crippen molar-refractivity contribution < 1.29 is 18.0 Å². The smallest absolute Gasteiger partial charge is 0.274 e. The Kier molecular flexibility index (Phi) is 4.49. The third kappa shape index (κ3) is 2.74. The largest absolute Gasteiger partial charge is 0.304 e. The number of fused-ring (bicyclic) bond motifs is 2. The number of para-hydroxylation sites is 1. The fourth-order valence-electron chi connectivity index (χ4n) is 4.62. The maximum atomic E-state index is 14.0. The van der Waals surface area contributed by atoms with Gasteiger partial charge in [0.05, 0.1) is 12.2 Å². The Morgan fingerprint density at radius 3 is 2.09 bits per heavy atom. The van der Waals surface area contributed by atoms with Crippen LogP contribution < -0.4 is 9.80 Å². The van der Waals surface area contributed by atoms with Gasteiger partial charge >= 0.3 is 0 Å². The normalized spacial score (nSPS) is 21.4. The fourth-order valence-corrected chi connectivity index (χ4v) is 6.65. The second-order valence-corrected chi connectivity index (χ2v) is 10.5. The zero-order chi connectivity index (χ0) is 22.7. The summed E-state index contributed by atoms with van der Waals surface area (Å²) in [6, 6.07) is 21.6. The minimum atomic E-state index is -4.15. The van der Waals surface area contributed by atoms with Crippen molar-refractivity contribution in [3.05, 3.63) is 95.1 Å². The molecule has 3 aromatic rings. The number of amides is 2. The Balaban J connectivity index is 1.72. The molecule has 0 saturated carbocycles. The minimum Gasteiger partial charge on any atom is -0.304 e. The quantitative estimate of drug-likeness (QED) is 0.618. The van der Waals surface area contributed by atoms with Crippen molar-refractivity contribution in [1.29, 1.82) is 0 Å². The molecule has 1 fully saturated rings. The first kappa shape index (κ1) is 20.5. The molecule has 2 aliphatic heterocycles. The molecule has 2 aliphatic rings. The molecule has 2 heterocycles. The first-order valence-corrected chi connectivity index (χ1v) is 12.0. The number of benzene rings is 3. The van der Waals surface area contributed by atoms with Gasteiger partial charge in [0.2, 0.25) is 5.91 Å². The molecule has 0 aromatic heterocycles. The van der Waals surface area contributed by atoms with Crippen molar-refractivity contribution in [2.45, 2.75) is 25.3 Å². The van der Waals surface area contributed by atoms with Gasteiger partial charge in [-0.05, 0) is 37.6 Å². The number of nitrogens with zero attached hydrogens (tertiary/aromatic N) is 2. The van der Waals surface area contributed by atoms with Crippen LogP contribution in [0.1, 0.15) is 22.3 Å². The van der Waals surface area contributed by atoms with Crippen LogP contribution in [-0.4, -0.2) is 26.0 Å².